The maximum Gasteiger partial charge on any atom is 0.126 e. The van der Waals surface area contributed by atoms with Gasteiger partial charge in [-0.1, -0.05) is 43.1 Å². The van der Waals surface area contributed by atoms with Gasteiger partial charge in [-0.25, -0.2) is 0 Å². The normalized spacial score (nSPS) is 12.5. The summed E-state index contributed by atoms with van der Waals surface area (Å²) in [5.74, 6) is 0. The third kappa shape index (κ3) is 2.68. The molecule has 1 atom stereocenters. The monoisotopic (exact) mass is 256 g/mol. The number of nitrogens with zero attached hydrogens (tertiary/aromatic N) is 2. The molecule has 2 nitrogen and oxygen atoms in total. The minimum absolute atomic E-state index is 0.379. The van der Waals surface area contributed by atoms with Crippen LogP contribution < -0.4 is 0 Å². The van der Waals surface area contributed by atoms with Gasteiger partial charge in [-0.15, -0.1) is 0 Å². The maximum atomic E-state index is 9.25. The molecule has 1 unspecified atom stereocenters. The van der Waals surface area contributed by atoms with Gasteiger partial charge in [-0.05, 0) is 25.2 Å². The van der Waals surface area contributed by atoms with Crippen LogP contribution in [0.25, 0.3) is 0 Å². The Kier molecular flexibility index (Phi) is 5.08. The molecule has 0 amide bonds. The lowest BCUT2D eigenvalue weighted by atomic mass is 10.1. The van der Waals surface area contributed by atoms with Crippen molar-refractivity contribution in [3.05, 3.63) is 33.8 Å². The molecule has 0 radical (unpaired) electrons. The van der Waals surface area contributed by atoms with Crippen LogP contribution in [0.2, 0.25) is 10.0 Å². The quantitative estimate of drug-likeness (QED) is 0.817. The molecular weight excluding hydrogens is 243 g/mol. The largest absolute Gasteiger partial charge is 0.285 e. The Morgan fingerprint density at radius 1 is 1.25 bits per heavy atom. The Balaban J connectivity index is 3.19. The highest BCUT2D eigenvalue weighted by Gasteiger charge is 2.22. The highest BCUT2D eigenvalue weighted by atomic mass is 35.5. The topological polar surface area (TPSA) is 27.0 Å². The number of nitriles is 1. The van der Waals surface area contributed by atoms with Gasteiger partial charge in [0.15, 0.2) is 0 Å². The smallest absolute Gasteiger partial charge is 0.126 e. The predicted octanol–water partition coefficient (Wildman–Crippen LogP) is 3.90. The molecular formula is C12H14Cl2N2. The highest BCUT2D eigenvalue weighted by Crippen LogP contribution is 2.33. The van der Waals surface area contributed by atoms with Gasteiger partial charge in [0.25, 0.3) is 0 Å². The van der Waals surface area contributed by atoms with Gasteiger partial charge in [-0.2, -0.15) is 5.26 Å². The molecule has 16 heavy (non-hydrogen) atoms. The van der Waals surface area contributed by atoms with Crippen LogP contribution >= 0.6 is 23.2 Å². The van der Waals surface area contributed by atoms with Gasteiger partial charge >= 0.3 is 0 Å². The van der Waals surface area contributed by atoms with Gasteiger partial charge in [0.05, 0.1) is 6.07 Å². The molecule has 86 valence electrons. The minimum Gasteiger partial charge on any atom is -0.285 e. The zero-order valence-electron chi connectivity index (χ0n) is 9.37. The van der Waals surface area contributed by atoms with Crippen molar-refractivity contribution in [3.8, 4) is 6.07 Å². The summed E-state index contributed by atoms with van der Waals surface area (Å²) in [6.07, 6.45) is 0. The van der Waals surface area contributed by atoms with Crippen molar-refractivity contribution in [1.29, 1.82) is 5.26 Å². The lowest BCUT2D eigenvalue weighted by molar-refractivity contribution is 0.262. The Bertz CT molecular complexity index is 374. The summed E-state index contributed by atoms with van der Waals surface area (Å²) >= 11 is 12.2. The van der Waals surface area contributed by atoms with Crippen molar-refractivity contribution in [3.63, 3.8) is 0 Å². The first-order valence-corrected chi connectivity index (χ1v) is 5.98. The summed E-state index contributed by atoms with van der Waals surface area (Å²) in [5.41, 5.74) is 0.706. The Hall–Kier alpha value is -0.750. The molecule has 0 saturated carbocycles. The first kappa shape index (κ1) is 13.3. The first-order valence-electron chi connectivity index (χ1n) is 5.23. The van der Waals surface area contributed by atoms with Crippen molar-refractivity contribution < 1.29 is 0 Å². The average molecular weight is 257 g/mol. The molecule has 0 aliphatic heterocycles. The van der Waals surface area contributed by atoms with Gasteiger partial charge in [0.1, 0.15) is 6.04 Å². The average Bonchev–Trinajstić information content (AvgIpc) is 2.28. The van der Waals surface area contributed by atoms with Crippen LogP contribution in [0.1, 0.15) is 25.5 Å². The molecule has 0 spiro atoms. The Morgan fingerprint density at radius 3 is 2.12 bits per heavy atom. The molecule has 0 saturated heterocycles. The van der Waals surface area contributed by atoms with E-state index in [-0.39, 0.29) is 6.04 Å². The first-order chi connectivity index (χ1) is 7.65. The second-order valence-corrected chi connectivity index (χ2v) is 4.20. The van der Waals surface area contributed by atoms with E-state index in [0.717, 1.165) is 13.1 Å². The van der Waals surface area contributed by atoms with E-state index in [1.807, 2.05) is 18.7 Å². The van der Waals surface area contributed by atoms with E-state index in [2.05, 4.69) is 6.07 Å². The fraction of sp³-hybridized carbons (Fsp3) is 0.417. The van der Waals surface area contributed by atoms with Gasteiger partial charge in [-0.3, -0.25) is 4.90 Å². The van der Waals surface area contributed by atoms with Crippen molar-refractivity contribution in [2.24, 2.45) is 0 Å². The van der Waals surface area contributed by atoms with E-state index in [4.69, 9.17) is 23.2 Å². The van der Waals surface area contributed by atoms with Crippen LogP contribution in [0.3, 0.4) is 0 Å². The van der Waals surface area contributed by atoms with E-state index in [9.17, 15) is 5.26 Å². The fourth-order valence-corrected chi connectivity index (χ4v) is 2.29. The molecule has 0 aliphatic carbocycles. The molecule has 0 bridgehead atoms. The summed E-state index contributed by atoms with van der Waals surface area (Å²) < 4.78 is 0. The van der Waals surface area contributed by atoms with Crippen LogP contribution in [0.15, 0.2) is 18.2 Å². The van der Waals surface area contributed by atoms with Crippen molar-refractivity contribution in [1.82, 2.24) is 4.90 Å². The van der Waals surface area contributed by atoms with Crippen LogP contribution in [-0.2, 0) is 0 Å². The van der Waals surface area contributed by atoms with Gasteiger partial charge < -0.3 is 0 Å². The van der Waals surface area contributed by atoms with E-state index in [0.29, 0.717) is 15.6 Å². The van der Waals surface area contributed by atoms with E-state index in [1.54, 1.807) is 18.2 Å². The molecule has 0 fully saturated rings. The number of benzene rings is 1. The van der Waals surface area contributed by atoms with Gasteiger partial charge in [0.2, 0.25) is 0 Å². The van der Waals surface area contributed by atoms with E-state index in [1.165, 1.54) is 0 Å². The molecule has 0 aliphatic rings. The second-order valence-electron chi connectivity index (χ2n) is 3.39. The summed E-state index contributed by atoms with van der Waals surface area (Å²) in [7, 11) is 0. The number of rotatable bonds is 4. The molecule has 1 aromatic rings. The SMILES string of the molecule is CCN(CC)C(C#N)c1c(Cl)cccc1Cl. The Morgan fingerprint density at radius 2 is 1.75 bits per heavy atom. The Labute approximate surface area is 106 Å². The second kappa shape index (κ2) is 6.10. The molecule has 0 heterocycles. The van der Waals surface area contributed by atoms with Crippen LogP contribution in [0.4, 0.5) is 0 Å². The molecule has 1 rings (SSSR count). The molecule has 4 heteroatoms. The van der Waals surface area contributed by atoms with Crippen molar-refractivity contribution >= 4 is 23.2 Å². The van der Waals surface area contributed by atoms with Crippen molar-refractivity contribution in [2.75, 3.05) is 13.1 Å². The van der Waals surface area contributed by atoms with Crippen LogP contribution in [0, 0.1) is 11.3 Å². The predicted molar refractivity (Wildman–Crippen MR) is 67.7 cm³/mol. The lowest BCUT2D eigenvalue weighted by Gasteiger charge is -2.25. The summed E-state index contributed by atoms with van der Waals surface area (Å²) in [6.45, 7) is 5.60. The molecule has 0 aromatic heterocycles. The number of hydrogen-bond donors (Lipinski definition) is 0. The summed E-state index contributed by atoms with van der Waals surface area (Å²) in [6, 6.07) is 7.18. The number of hydrogen-bond acceptors (Lipinski definition) is 2. The van der Waals surface area contributed by atoms with Crippen molar-refractivity contribution in [2.45, 2.75) is 19.9 Å². The van der Waals surface area contributed by atoms with Crippen LogP contribution in [0.5, 0.6) is 0 Å². The lowest BCUT2D eigenvalue weighted by Crippen LogP contribution is -2.27. The maximum absolute atomic E-state index is 9.25. The molecule has 1 aromatic carbocycles. The fourth-order valence-electron chi connectivity index (χ4n) is 1.69. The summed E-state index contributed by atoms with van der Waals surface area (Å²) in [5, 5.41) is 10.3. The number of halogens is 2. The molecule has 0 N–H and O–H groups in total. The third-order valence-corrected chi connectivity index (χ3v) is 3.23. The van der Waals surface area contributed by atoms with Gasteiger partial charge in [0, 0.05) is 15.6 Å². The zero-order chi connectivity index (χ0) is 12.1. The van der Waals surface area contributed by atoms with E-state index < -0.39 is 0 Å². The zero-order valence-corrected chi connectivity index (χ0v) is 10.9. The highest BCUT2D eigenvalue weighted by molar-refractivity contribution is 6.36. The van der Waals surface area contributed by atoms with Crippen LogP contribution in [-0.4, -0.2) is 18.0 Å². The van der Waals surface area contributed by atoms with E-state index >= 15 is 0 Å². The third-order valence-electron chi connectivity index (χ3n) is 2.57. The summed E-state index contributed by atoms with van der Waals surface area (Å²) in [4.78, 5) is 2.02. The minimum atomic E-state index is -0.379. The standard InChI is InChI=1S/C12H14Cl2N2/c1-3-16(4-2)11(8-15)12-9(13)6-5-7-10(12)14/h5-7,11H,3-4H2,1-2H3.